The van der Waals surface area contributed by atoms with Gasteiger partial charge in [-0.25, -0.2) is 13.6 Å². The summed E-state index contributed by atoms with van der Waals surface area (Å²) in [6.07, 6.45) is 3.00. The molecule has 1 aliphatic heterocycles. The van der Waals surface area contributed by atoms with Crippen LogP contribution in [0.3, 0.4) is 0 Å². The number of hydrogen-bond donors (Lipinski definition) is 4. The molecule has 73 heavy (non-hydrogen) atoms. The Morgan fingerprint density at radius 2 is 1.49 bits per heavy atom. The number of halogens is 2. The molecule has 3 aromatic rings. The van der Waals surface area contributed by atoms with Gasteiger partial charge in [-0.15, -0.1) is 11.8 Å². The topological polar surface area (TPSA) is 215 Å². The third kappa shape index (κ3) is 20.2. The first-order valence-electron chi connectivity index (χ1n) is 24.3. The number of carbonyl (C=O) groups is 8. The number of amides is 7. The van der Waals surface area contributed by atoms with Gasteiger partial charge in [0.1, 0.15) is 29.8 Å². The monoisotopic (exact) mass is 1050 g/mol. The molecule has 1 aromatic heterocycles. The summed E-state index contributed by atoms with van der Waals surface area (Å²) in [6.45, 7) is 17.7. The Hall–Kier alpha value is -6.35. The Kier molecular flexibility index (Phi) is 22.0. The first-order valence-corrected chi connectivity index (χ1v) is 29.1. The predicted octanol–water partition coefficient (Wildman–Crippen LogP) is 6.35. The van der Waals surface area contributed by atoms with E-state index in [1.165, 1.54) is 0 Å². The van der Waals surface area contributed by atoms with Crippen molar-refractivity contribution >= 4 is 67.3 Å². The van der Waals surface area contributed by atoms with Gasteiger partial charge in [-0.1, -0.05) is 70.7 Å². The summed E-state index contributed by atoms with van der Waals surface area (Å²) in [5.41, 5.74) is 0.502. The van der Waals surface area contributed by atoms with Crippen LogP contribution in [0.5, 0.6) is 0 Å². The zero-order valence-electron chi connectivity index (χ0n) is 43.4. The van der Waals surface area contributed by atoms with Crippen molar-refractivity contribution in [3.63, 3.8) is 0 Å². The molecule has 0 aliphatic carbocycles. The predicted molar refractivity (Wildman–Crippen MR) is 278 cm³/mol. The molecule has 2 unspecified atom stereocenters. The fourth-order valence-electron chi connectivity index (χ4n) is 7.65. The fourth-order valence-corrected chi connectivity index (χ4v) is 9.30. The smallest absolute Gasteiger partial charge is 0.407 e. The molecule has 0 saturated carbocycles. The summed E-state index contributed by atoms with van der Waals surface area (Å²) in [4.78, 5) is 106. The number of benzene rings is 2. The first-order chi connectivity index (χ1) is 34.2. The maximum atomic E-state index is 15.4. The van der Waals surface area contributed by atoms with E-state index in [0.29, 0.717) is 24.2 Å². The van der Waals surface area contributed by atoms with Gasteiger partial charge < -0.3 is 40.2 Å². The zero-order valence-corrected chi connectivity index (χ0v) is 45.2. The minimum atomic E-state index is -1.46. The molecule has 2 heterocycles. The molecule has 0 saturated heterocycles. The lowest BCUT2D eigenvalue weighted by atomic mass is 9.83. The van der Waals surface area contributed by atoms with Gasteiger partial charge in [0.25, 0.3) is 11.8 Å². The van der Waals surface area contributed by atoms with Crippen molar-refractivity contribution < 1.29 is 56.6 Å². The highest BCUT2D eigenvalue weighted by Crippen LogP contribution is 2.41. The van der Waals surface area contributed by atoms with Crippen LogP contribution in [0.2, 0.25) is 25.7 Å². The standard InChI is InChI=1S/C52H71F2N7O10SSi/c1-51(2,3)48(41-28-36(38-29-37(53)16-17-39(38)54)31-59(41)30-35-14-11-10-12-15-35)60(25-13-22-57-50(69)70-26-27-73(7,8)9)46(66)34-72-33-40(58-42(62)18-21-47(67)71-52(4,5)6)49(68)56-24-23-55-43(63)32-61-44(64)19-20-45(61)65/h10-12,14-17,19-20,28-29,31,40,48H,13,18,21-27,30,32-34H2,1-9H3,(H,55,63)(H,56,68)(H,57,69)(H,58,62). The lowest BCUT2D eigenvalue weighted by Gasteiger charge is -2.41. The van der Waals surface area contributed by atoms with E-state index < -0.39 is 91.0 Å². The fraction of sp³-hybridized carbons (Fsp3) is 0.500. The van der Waals surface area contributed by atoms with Gasteiger partial charge in [0.2, 0.25) is 23.6 Å². The van der Waals surface area contributed by atoms with Crippen molar-refractivity contribution in [3.05, 3.63) is 95.8 Å². The average molecular weight is 1050 g/mol. The molecule has 0 spiro atoms. The van der Waals surface area contributed by atoms with Gasteiger partial charge >= 0.3 is 12.1 Å². The number of alkyl carbamates (subject to hydrolysis) is 1. The third-order valence-electron chi connectivity index (χ3n) is 11.1. The minimum absolute atomic E-state index is 0.0402. The van der Waals surface area contributed by atoms with Crippen molar-refractivity contribution in [1.82, 2.24) is 35.6 Å². The first kappa shape index (κ1) is 59.2. The largest absolute Gasteiger partial charge is 0.460 e. The second-order valence-electron chi connectivity index (χ2n) is 20.9. The van der Waals surface area contributed by atoms with Gasteiger partial charge in [0.05, 0.1) is 24.8 Å². The van der Waals surface area contributed by atoms with E-state index in [0.717, 1.165) is 58.6 Å². The summed E-state index contributed by atoms with van der Waals surface area (Å²) in [5, 5.41) is 10.6. The number of hydrogen-bond acceptors (Lipinski definition) is 11. The van der Waals surface area contributed by atoms with Crippen molar-refractivity contribution in [1.29, 1.82) is 0 Å². The summed E-state index contributed by atoms with van der Waals surface area (Å²) in [5.74, 6) is -5.72. The lowest BCUT2D eigenvalue weighted by molar-refractivity contribution is -0.155. The number of ether oxygens (including phenoxy) is 2. The van der Waals surface area contributed by atoms with E-state index in [2.05, 4.69) is 40.9 Å². The van der Waals surface area contributed by atoms with Gasteiger partial charge in [-0.05, 0) is 68.5 Å². The SMILES string of the molecule is CC(C)(C)OC(=O)CCC(=O)NC(CSCC(=O)N(CCCNC(=O)OCC[Si](C)(C)C)C(c1cc(-c2cc(F)ccc2F)cn1Cc1ccccc1)C(C)(C)C)C(=O)NCCNC(=O)CN1C(=O)C=CC1=O. The number of rotatable bonds is 26. The normalized spacial score (nSPS) is 13.5. The zero-order chi connectivity index (χ0) is 54.1. The van der Waals surface area contributed by atoms with Crippen LogP contribution in [0.25, 0.3) is 11.1 Å². The minimum Gasteiger partial charge on any atom is -0.460 e. The molecule has 21 heteroatoms. The van der Waals surface area contributed by atoms with Crippen molar-refractivity contribution in [2.24, 2.45) is 5.41 Å². The summed E-state index contributed by atoms with van der Waals surface area (Å²) < 4.78 is 42.8. The second kappa shape index (κ2) is 27.1. The molecule has 2 aromatic carbocycles. The molecule has 17 nitrogen and oxygen atoms in total. The number of imide groups is 1. The number of thioether (sulfide) groups is 1. The van der Waals surface area contributed by atoms with E-state index in [1.54, 1.807) is 37.9 Å². The van der Waals surface area contributed by atoms with Crippen LogP contribution in [0, 0.1) is 17.0 Å². The summed E-state index contributed by atoms with van der Waals surface area (Å²) in [6, 6.07) is 13.4. The molecule has 4 N–H and O–H groups in total. The number of carbonyl (C=O) groups excluding carboxylic acids is 8. The molecule has 0 radical (unpaired) electrons. The highest BCUT2D eigenvalue weighted by atomic mass is 32.2. The molecule has 0 bridgehead atoms. The Balaban J connectivity index is 1.60. The van der Waals surface area contributed by atoms with Gasteiger partial charge in [-0.3, -0.25) is 38.5 Å². The molecule has 398 valence electrons. The number of aromatic nitrogens is 1. The molecule has 0 fully saturated rings. The molecule has 2 atom stereocenters. The van der Waals surface area contributed by atoms with Crippen molar-refractivity contribution in [2.45, 2.75) is 111 Å². The Morgan fingerprint density at radius 1 is 0.822 bits per heavy atom. The van der Waals surface area contributed by atoms with E-state index in [4.69, 9.17) is 9.47 Å². The van der Waals surface area contributed by atoms with Crippen LogP contribution >= 0.6 is 11.8 Å². The van der Waals surface area contributed by atoms with Crippen LogP contribution in [0.4, 0.5) is 13.6 Å². The van der Waals surface area contributed by atoms with E-state index in [9.17, 15) is 42.7 Å². The quantitative estimate of drug-likeness (QED) is 0.0301. The Morgan fingerprint density at radius 3 is 2.14 bits per heavy atom. The number of esters is 1. The molecule has 4 rings (SSSR count). The van der Waals surface area contributed by atoms with Gasteiger partial charge in [0.15, 0.2) is 0 Å². The molecular weight excluding hydrogens is 981 g/mol. The third-order valence-corrected chi connectivity index (χ3v) is 13.8. The molecular formula is C52H71F2N7O10SSi. The number of nitrogens with zero attached hydrogens (tertiary/aromatic N) is 3. The summed E-state index contributed by atoms with van der Waals surface area (Å²) in [7, 11) is -1.46. The highest BCUT2D eigenvalue weighted by molar-refractivity contribution is 8.00. The van der Waals surface area contributed by atoms with Gasteiger partial charge in [-0.2, -0.15) is 0 Å². The number of nitrogens with one attached hydrogen (secondary N) is 4. The Bertz CT molecular complexity index is 2450. The van der Waals surface area contributed by atoms with E-state index >= 15 is 4.39 Å². The van der Waals surface area contributed by atoms with Crippen LogP contribution in [-0.4, -0.2) is 132 Å². The Labute approximate surface area is 431 Å². The maximum absolute atomic E-state index is 15.4. The van der Waals surface area contributed by atoms with Crippen molar-refractivity contribution in [2.75, 3.05) is 50.8 Å². The summed E-state index contributed by atoms with van der Waals surface area (Å²) >= 11 is 1.07. The van der Waals surface area contributed by atoms with E-state index in [1.807, 2.05) is 55.7 Å². The molecule has 7 amide bonds. The van der Waals surface area contributed by atoms with Crippen LogP contribution in [0.15, 0.2) is 72.9 Å². The van der Waals surface area contributed by atoms with Crippen molar-refractivity contribution in [3.8, 4) is 11.1 Å². The second-order valence-corrected chi connectivity index (χ2v) is 27.6. The lowest BCUT2D eigenvalue weighted by Crippen LogP contribution is -2.50. The highest BCUT2D eigenvalue weighted by Gasteiger charge is 2.37. The average Bonchev–Trinajstić information content (AvgIpc) is 3.84. The van der Waals surface area contributed by atoms with Crippen LogP contribution < -0.4 is 21.3 Å². The van der Waals surface area contributed by atoms with Crippen LogP contribution in [-0.2, 0) is 49.6 Å². The van der Waals surface area contributed by atoms with Gasteiger partial charge in [0, 0.05) is 88.1 Å². The van der Waals surface area contributed by atoms with E-state index in [-0.39, 0.29) is 68.6 Å². The maximum Gasteiger partial charge on any atom is 0.407 e. The van der Waals surface area contributed by atoms with Crippen LogP contribution in [0.1, 0.15) is 78.1 Å². The molecule has 1 aliphatic rings.